The molecular formula is C14H19N5O2. The molecule has 2 aromatic rings. The maximum absolute atomic E-state index is 11.8. The van der Waals surface area contributed by atoms with E-state index in [1.807, 2.05) is 30.1 Å². The minimum absolute atomic E-state index is 0.312. The van der Waals surface area contributed by atoms with Gasteiger partial charge >= 0.3 is 5.97 Å². The molecule has 1 N–H and O–H groups in total. The zero-order valence-corrected chi connectivity index (χ0v) is 12.4. The van der Waals surface area contributed by atoms with Crippen molar-refractivity contribution < 1.29 is 9.90 Å². The quantitative estimate of drug-likeness (QED) is 0.902. The van der Waals surface area contributed by atoms with Gasteiger partial charge in [-0.15, -0.1) is 10.2 Å². The second kappa shape index (κ2) is 4.68. The molecule has 0 amide bonds. The number of aliphatic carboxylic acids is 1. The fourth-order valence-corrected chi connectivity index (χ4v) is 3.22. The molecule has 0 spiro atoms. The summed E-state index contributed by atoms with van der Waals surface area (Å²) in [6.45, 7) is 6.51. The van der Waals surface area contributed by atoms with Crippen LogP contribution in [0.3, 0.4) is 0 Å². The van der Waals surface area contributed by atoms with Crippen LogP contribution in [0.1, 0.15) is 32.5 Å². The number of hydrogen-bond acceptors (Lipinski definition) is 5. The van der Waals surface area contributed by atoms with Gasteiger partial charge < -0.3 is 10.0 Å². The van der Waals surface area contributed by atoms with Gasteiger partial charge in [0, 0.05) is 18.9 Å². The third kappa shape index (κ3) is 2.12. The van der Waals surface area contributed by atoms with Crippen LogP contribution in [0.15, 0.2) is 12.4 Å². The van der Waals surface area contributed by atoms with Gasteiger partial charge in [-0.25, -0.2) is 9.78 Å². The maximum Gasteiger partial charge on any atom is 0.326 e. The van der Waals surface area contributed by atoms with Crippen LogP contribution < -0.4 is 4.90 Å². The van der Waals surface area contributed by atoms with Gasteiger partial charge in [0.15, 0.2) is 5.82 Å². The molecule has 7 heteroatoms. The Morgan fingerprint density at radius 3 is 2.90 bits per heavy atom. The predicted octanol–water partition coefficient (Wildman–Crippen LogP) is 1.51. The van der Waals surface area contributed by atoms with E-state index >= 15 is 0 Å². The smallest absolute Gasteiger partial charge is 0.326 e. The normalized spacial score (nSPS) is 21.7. The Morgan fingerprint density at radius 1 is 1.43 bits per heavy atom. The average molecular weight is 289 g/mol. The van der Waals surface area contributed by atoms with Crippen LogP contribution >= 0.6 is 0 Å². The second-order valence-corrected chi connectivity index (χ2v) is 6.22. The number of fused-ring (bicyclic) bond motifs is 1. The number of piperidine rings is 1. The van der Waals surface area contributed by atoms with Gasteiger partial charge in [0.1, 0.15) is 11.9 Å². The number of carbonyl (C=O) groups is 1. The Labute approximate surface area is 122 Å². The molecule has 7 nitrogen and oxygen atoms in total. The molecule has 112 valence electrons. The molecule has 3 heterocycles. The number of carboxylic acids is 1. The summed E-state index contributed by atoms with van der Waals surface area (Å²) in [6.07, 6.45) is 5.28. The molecule has 2 aromatic heterocycles. The summed E-state index contributed by atoms with van der Waals surface area (Å²) < 4.78 is 1.84. The summed E-state index contributed by atoms with van der Waals surface area (Å²) in [5.74, 6) is 0.537. The standard InChI is InChI=1S/C14H19N5O2/c1-9-16-17-12-11(15-6-8-18(9)12)19-7-4-5-14(2,3)10(19)13(20)21/h6,8,10H,4-5,7H2,1-3H3,(H,20,21). The van der Waals surface area contributed by atoms with E-state index in [-0.39, 0.29) is 5.41 Å². The molecule has 1 aliphatic rings. The number of rotatable bonds is 2. The van der Waals surface area contributed by atoms with Crippen molar-refractivity contribution in [3.05, 3.63) is 18.2 Å². The van der Waals surface area contributed by atoms with E-state index in [1.165, 1.54) is 0 Å². The van der Waals surface area contributed by atoms with E-state index in [0.717, 1.165) is 18.7 Å². The molecule has 21 heavy (non-hydrogen) atoms. The maximum atomic E-state index is 11.8. The van der Waals surface area contributed by atoms with Gasteiger partial charge in [-0.3, -0.25) is 4.40 Å². The number of hydrogen-bond donors (Lipinski definition) is 1. The fraction of sp³-hybridized carbons (Fsp3) is 0.571. The minimum atomic E-state index is -0.820. The van der Waals surface area contributed by atoms with Crippen LogP contribution in [0.25, 0.3) is 5.65 Å². The molecule has 0 bridgehead atoms. The van der Waals surface area contributed by atoms with Crippen molar-refractivity contribution >= 4 is 17.4 Å². The van der Waals surface area contributed by atoms with Gasteiger partial charge in [-0.2, -0.15) is 0 Å². The van der Waals surface area contributed by atoms with Crippen LogP contribution in [0.2, 0.25) is 0 Å². The van der Waals surface area contributed by atoms with E-state index in [1.54, 1.807) is 12.4 Å². The summed E-state index contributed by atoms with van der Waals surface area (Å²) in [5, 5.41) is 17.9. The molecule has 0 radical (unpaired) electrons. The monoisotopic (exact) mass is 289 g/mol. The second-order valence-electron chi connectivity index (χ2n) is 6.22. The lowest BCUT2D eigenvalue weighted by molar-refractivity contribution is -0.142. The van der Waals surface area contributed by atoms with Crippen LogP contribution in [0, 0.1) is 12.3 Å². The van der Waals surface area contributed by atoms with Crippen LogP contribution in [-0.2, 0) is 4.79 Å². The average Bonchev–Trinajstić information content (AvgIpc) is 2.79. The lowest BCUT2D eigenvalue weighted by Gasteiger charge is -2.44. The van der Waals surface area contributed by atoms with Gasteiger partial charge in [0.25, 0.3) is 0 Å². The summed E-state index contributed by atoms with van der Waals surface area (Å²) in [7, 11) is 0. The van der Waals surface area contributed by atoms with Crippen LogP contribution in [0.4, 0.5) is 5.82 Å². The van der Waals surface area contributed by atoms with E-state index in [9.17, 15) is 9.90 Å². The first kappa shape index (κ1) is 13.8. The Morgan fingerprint density at radius 2 is 2.19 bits per heavy atom. The first-order valence-corrected chi connectivity index (χ1v) is 7.07. The third-order valence-corrected chi connectivity index (χ3v) is 4.26. The topological polar surface area (TPSA) is 83.6 Å². The van der Waals surface area contributed by atoms with Crippen molar-refractivity contribution in [2.24, 2.45) is 5.41 Å². The Bertz CT molecular complexity index is 694. The lowest BCUT2D eigenvalue weighted by atomic mass is 9.76. The molecule has 0 saturated carbocycles. The van der Waals surface area contributed by atoms with Crippen molar-refractivity contribution in [2.45, 2.75) is 39.7 Å². The Balaban J connectivity index is 2.14. The van der Waals surface area contributed by atoms with Crippen molar-refractivity contribution in [1.82, 2.24) is 19.6 Å². The molecule has 0 aliphatic carbocycles. The largest absolute Gasteiger partial charge is 0.480 e. The first-order chi connectivity index (χ1) is 9.92. The van der Waals surface area contributed by atoms with Crippen LogP contribution in [-0.4, -0.2) is 43.2 Å². The van der Waals surface area contributed by atoms with Crippen molar-refractivity contribution in [2.75, 3.05) is 11.4 Å². The number of aryl methyl sites for hydroxylation is 1. The SMILES string of the molecule is Cc1nnc2c(N3CCCC(C)(C)C3C(=O)O)nccn12. The zero-order chi connectivity index (χ0) is 15.2. The lowest BCUT2D eigenvalue weighted by Crippen LogP contribution is -2.54. The highest BCUT2D eigenvalue weighted by Gasteiger charge is 2.43. The zero-order valence-electron chi connectivity index (χ0n) is 12.4. The minimum Gasteiger partial charge on any atom is -0.480 e. The molecule has 1 unspecified atom stereocenters. The van der Waals surface area contributed by atoms with E-state index in [2.05, 4.69) is 15.2 Å². The Hall–Kier alpha value is -2.18. The molecule has 1 saturated heterocycles. The summed E-state index contributed by atoms with van der Waals surface area (Å²) in [4.78, 5) is 18.0. The van der Waals surface area contributed by atoms with Gasteiger partial charge in [0.05, 0.1) is 0 Å². The number of carboxylic acid groups (broad SMARTS) is 1. The summed E-state index contributed by atoms with van der Waals surface area (Å²) in [6, 6.07) is -0.609. The van der Waals surface area contributed by atoms with Gasteiger partial charge in [-0.1, -0.05) is 13.8 Å². The summed E-state index contributed by atoms with van der Waals surface area (Å²) >= 11 is 0. The van der Waals surface area contributed by atoms with Gasteiger partial charge in [-0.05, 0) is 25.2 Å². The number of aromatic nitrogens is 4. The Kier molecular flexibility index (Phi) is 3.07. The van der Waals surface area contributed by atoms with E-state index in [0.29, 0.717) is 18.0 Å². The van der Waals surface area contributed by atoms with Crippen molar-refractivity contribution in [3.63, 3.8) is 0 Å². The molecule has 0 aromatic carbocycles. The highest BCUT2D eigenvalue weighted by molar-refractivity contribution is 5.81. The molecule has 1 aliphatic heterocycles. The number of anilines is 1. The molecule has 1 atom stereocenters. The van der Waals surface area contributed by atoms with E-state index < -0.39 is 12.0 Å². The summed E-state index contributed by atoms with van der Waals surface area (Å²) in [5.41, 5.74) is 0.298. The highest BCUT2D eigenvalue weighted by Crippen LogP contribution is 2.38. The predicted molar refractivity (Wildman–Crippen MR) is 77.3 cm³/mol. The van der Waals surface area contributed by atoms with Crippen LogP contribution in [0.5, 0.6) is 0 Å². The van der Waals surface area contributed by atoms with Crippen molar-refractivity contribution in [3.8, 4) is 0 Å². The first-order valence-electron chi connectivity index (χ1n) is 7.07. The van der Waals surface area contributed by atoms with Gasteiger partial charge in [0.2, 0.25) is 5.65 Å². The molecular weight excluding hydrogens is 270 g/mol. The third-order valence-electron chi connectivity index (χ3n) is 4.26. The molecule has 3 rings (SSSR count). The van der Waals surface area contributed by atoms with Crippen molar-refractivity contribution in [1.29, 1.82) is 0 Å². The van der Waals surface area contributed by atoms with E-state index in [4.69, 9.17) is 0 Å². The number of nitrogens with zero attached hydrogens (tertiary/aromatic N) is 5. The molecule has 1 fully saturated rings. The highest BCUT2D eigenvalue weighted by atomic mass is 16.4. The fourth-order valence-electron chi connectivity index (χ4n) is 3.22.